The van der Waals surface area contributed by atoms with Gasteiger partial charge in [-0.05, 0) is 11.6 Å². The van der Waals surface area contributed by atoms with E-state index >= 15 is 0 Å². The number of rotatable bonds is 5. The summed E-state index contributed by atoms with van der Waals surface area (Å²) in [6.07, 6.45) is 4.34. The monoisotopic (exact) mass is 288 g/mol. The van der Waals surface area contributed by atoms with Gasteiger partial charge in [0, 0.05) is 12.1 Å². The normalized spacial score (nSPS) is 11.2. The van der Waals surface area contributed by atoms with E-state index in [4.69, 9.17) is 4.74 Å². The first-order valence-electron chi connectivity index (χ1n) is 5.96. The minimum Gasteiger partial charge on any atom is -0.466 e. The molecule has 1 aromatic heterocycles. The maximum absolute atomic E-state index is 11.8. The lowest BCUT2D eigenvalue weighted by atomic mass is 10.1. The fraction of sp³-hybridized carbons (Fsp3) is 0.154. The number of nitro groups is 1. The van der Waals surface area contributed by atoms with E-state index in [2.05, 4.69) is 10.1 Å². The Kier molecular flexibility index (Phi) is 4.39. The lowest BCUT2D eigenvalue weighted by Gasteiger charge is -2.05. The molecule has 1 aromatic carbocycles. The van der Waals surface area contributed by atoms with Crippen LogP contribution < -0.4 is 0 Å². The molecule has 8 nitrogen and oxygen atoms in total. The molecule has 108 valence electrons. The molecule has 0 spiro atoms. The van der Waals surface area contributed by atoms with Crippen molar-refractivity contribution < 1.29 is 14.5 Å². The zero-order valence-corrected chi connectivity index (χ0v) is 11.2. The van der Waals surface area contributed by atoms with E-state index < -0.39 is 10.9 Å². The highest BCUT2D eigenvalue weighted by Gasteiger charge is 2.12. The maximum atomic E-state index is 11.8. The third-order valence-electron chi connectivity index (χ3n) is 2.67. The smallest absolute Gasteiger partial charge is 0.335 e. The largest absolute Gasteiger partial charge is 0.466 e. The Morgan fingerprint density at radius 1 is 1.52 bits per heavy atom. The molecule has 0 amide bonds. The zero-order chi connectivity index (χ0) is 15.2. The average molecular weight is 288 g/mol. The van der Waals surface area contributed by atoms with Gasteiger partial charge < -0.3 is 4.74 Å². The van der Waals surface area contributed by atoms with Gasteiger partial charge >= 0.3 is 5.97 Å². The molecule has 0 bridgehead atoms. The Balaban J connectivity index is 2.33. The van der Waals surface area contributed by atoms with Crippen molar-refractivity contribution in [2.75, 3.05) is 7.11 Å². The van der Waals surface area contributed by atoms with Crippen molar-refractivity contribution in [3.8, 4) is 0 Å². The second-order valence-corrected chi connectivity index (χ2v) is 4.11. The van der Waals surface area contributed by atoms with Crippen LogP contribution in [0.1, 0.15) is 5.56 Å². The average Bonchev–Trinajstić information content (AvgIpc) is 2.99. The van der Waals surface area contributed by atoms with E-state index in [0.29, 0.717) is 11.1 Å². The van der Waals surface area contributed by atoms with Crippen molar-refractivity contribution >= 4 is 17.7 Å². The van der Waals surface area contributed by atoms with Gasteiger partial charge in [0.1, 0.15) is 12.7 Å². The highest BCUT2D eigenvalue weighted by molar-refractivity contribution is 5.93. The molecule has 0 N–H and O–H groups in total. The fourth-order valence-electron chi connectivity index (χ4n) is 1.72. The second kappa shape index (κ2) is 6.42. The first-order chi connectivity index (χ1) is 10.1. The van der Waals surface area contributed by atoms with E-state index in [-0.39, 0.29) is 12.2 Å². The SMILES string of the molecule is COC(=O)/C(=C/c1cccc([N+](=O)[O-])c1)Cn1cncn1. The van der Waals surface area contributed by atoms with Gasteiger partial charge in [0.25, 0.3) is 5.69 Å². The summed E-state index contributed by atoms with van der Waals surface area (Å²) in [4.78, 5) is 25.8. The molecular formula is C13H12N4O4. The number of aromatic nitrogens is 3. The molecule has 21 heavy (non-hydrogen) atoms. The summed E-state index contributed by atoms with van der Waals surface area (Å²) in [5.74, 6) is -0.531. The lowest BCUT2D eigenvalue weighted by Crippen LogP contribution is -2.12. The summed E-state index contributed by atoms with van der Waals surface area (Å²) in [6, 6.07) is 5.97. The Hall–Kier alpha value is -3.03. The fourth-order valence-corrected chi connectivity index (χ4v) is 1.72. The van der Waals surface area contributed by atoms with E-state index in [1.54, 1.807) is 12.1 Å². The van der Waals surface area contributed by atoms with Crippen LogP contribution in [0.5, 0.6) is 0 Å². The number of ether oxygens (including phenoxy) is 1. The minimum absolute atomic E-state index is 0.0475. The third-order valence-corrected chi connectivity index (χ3v) is 2.67. The number of nitrogens with zero attached hydrogens (tertiary/aromatic N) is 4. The van der Waals surface area contributed by atoms with Crippen LogP contribution in [0.25, 0.3) is 6.08 Å². The quantitative estimate of drug-likeness (QED) is 0.357. The lowest BCUT2D eigenvalue weighted by molar-refractivity contribution is -0.384. The van der Waals surface area contributed by atoms with Crippen LogP contribution in [-0.4, -0.2) is 32.8 Å². The molecule has 0 unspecified atom stereocenters. The molecule has 0 radical (unpaired) electrons. The van der Waals surface area contributed by atoms with Crippen molar-refractivity contribution in [3.05, 3.63) is 58.2 Å². The molecule has 0 aliphatic carbocycles. The van der Waals surface area contributed by atoms with Crippen LogP contribution in [0.15, 0.2) is 42.5 Å². The number of nitro benzene ring substituents is 1. The molecule has 8 heteroatoms. The van der Waals surface area contributed by atoms with Gasteiger partial charge in [0.05, 0.1) is 24.2 Å². The van der Waals surface area contributed by atoms with Gasteiger partial charge in [-0.3, -0.25) is 10.1 Å². The molecular weight excluding hydrogens is 276 g/mol. The van der Waals surface area contributed by atoms with Crippen molar-refractivity contribution in [2.24, 2.45) is 0 Å². The van der Waals surface area contributed by atoms with Gasteiger partial charge in [0.15, 0.2) is 0 Å². The Morgan fingerprint density at radius 3 is 2.95 bits per heavy atom. The molecule has 0 aliphatic rings. The number of non-ortho nitro benzene ring substituents is 1. The summed E-state index contributed by atoms with van der Waals surface area (Å²) >= 11 is 0. The highest BCUT2D eigenvalue weighted by atomic mass is 16.6. The summed E-state index contributed by atoms with van der Waals surface area (Å²) in [5, 5.41) is 14.7. The topological polar surface area (TPSA) is 100 Å². The van der Waals surface area contributed by atoms with Gasteiger partial charge in [-0.25, -0.2) is 14.5 Å². The predicted octanol–water partition coefficient (Wildman–Crippen LogP) is 1.44. The molecule has 0 saturated carbocycles. The number of carbonyl (C=O) groups is 1. The number of esters is 1. The Morgan fingerprint density at radius 2 is 2.33 bits per heavy atom. The first-order valence-corrected chi connectivity index (χ1v) is 5.96. The molecule has 0 aliphatic heterocycles. The van der Waals surface area contributed by atoms with Gasteiger partial charge in [-0.2, -0.15) is 5.10 Å². The van der Waals surface area contributed by atoms with Gasteiger partial charge in [-0.1, -0.05) is 12.1 Å². The van der Waals surface area contributed by atoms with Crippen LogP contribution >= 0.6 is 0 Å². The molecule has 2 rings (SSSR count). The Labute approximate surface area is 119 Å². The second-order valence-electron chi connectivity index (χ2n) is 4.11. The summed E-state index contributed by atoms with van der Waals surface area (Å²) in [6.45, 7) is 0.162. The molecule has 2 aromatic rings. The minimum atomic E-state index is -0.531. The number of hydrogen-bond donors (Lipinski definition) is 0. The highest BCUT2D eigenvalue weighted by Crippen LogP contribution is 2.16. The zero-order valence-electron chi connectivity index (χ0n) is 11.2. The van der Waals surface area contributed by atoms with Gasteiger partial charge in [-0.15, -0.1) is 0 Å². The molecule has 0 saturated heterocycles. The van der Waals surface area contributed by atoms with E-state index in [9.17, 15) is 14.9 Å². The maximum Gasteiger partial charge on any atom is 0.335 e. The first kappa shape index (κ1) is 14.4. The van der Waals surface area contributed by atoms with Crippen LogP contribution in [0.4, 0.5) is 5.69 Å². The van der Waals surface area contributed by atoms with Crippen LogP contribution in [0, 0.1) is 10.1 Å². The van der Waals surface area contributed by atoms with Crippen LogP contribution in [0.2, 0.25) is 0 Å². The third kappa shape index (κ3) is 3.72. The van der Waals surface area contributed by atoms with E-state index in [0.717, 1.165) is 0 Å². The van der Waals surface area contributed by atoms with Crippen molar-refractivity contribution in [3.63, 3.8) is 0 Å². The Bertz CT molecular complexity index is 679. The van der Waals surface area contributed by atoms with Crippen molar-refractivity contribution in [2.45, 2.75) is 6.54 Å². The van der Waals surface area contributed by atoms with Crippen molar-refractivity contribution in [1.82, 2.24) is 14.8 Å². The van der Waals surface area contributed by atoms with E-state index in [1.807, 2.05) is 0 Å². The van der Waals surface area contributed by atoms with E-state index in [1.165, 1.54) is 42.7 Å². The standard InChI is InChI=1S/C13H12N4O4/c1-21-13(18)11(7-16-9-14-8-15-16)5-10-3-2-4-12(6-10)17(19)20/h2-6,8-9H,7H2,1H3/b11-5+. The van der Waals surface area contributed by atoms with Crippen LogP contribution in [-0.2, 0) is 16.1 Å². The van der Waals surface area contributed by atoms with Crippen LogP contribution in [0.3, 0.4) is 0 Å². The summed E-state index contributed by atoms with van der Waals surface area (Å²) in [7, 11) is 1.27. The molecule has 0 atom stereocenters. The number of methoxy groups -OCH3 is 1. The van der Waals surface area contributed by atoms with Gasteiger partial charge in [0.2, 0.25) is 0 Å². The van der Waals surface area contributed by atoms with Crippen molar-refractivity contribution in [1.29, 1.82) is 0 Å². The summed E-state index contributed by atoms with van der Waals surface area (Å²) in [5.41, 5.74) is 0.793. The predicted molar refractivity (Wildman–Crippen MR) is 73.1 cm³/mol. The number of benzene rings is 1. The number of hydrogen-bond acceptors (Lipinski definition) is 6. The molecule has 1 heterocycles. The molecule has 0 fully saturated rings. The number of carbonyl (C=O) groups excluding carboxylic acids is 1. The summed E-state index contributed by atoms with van der Waals surface area (Å²) < 4.78 is 6.17.